The summed E-state index contributed by atoms with van der Waals surface area (Å²) in [6, 6.07) is 6.21. The summed E-state index contributed by atoms with van der Waals surface area (Å²) >= 11 is 1.70. The fraction of sp³-hybridized carbons (Fsp3) is 0.500. The predicted octanol–water partition coefficient (Wildman–Crippen LogP) is 3.62. The number of amides is 1. The number of hydrogen-bond donors (Lipinski definition) is 0. The van der Waals surface area contributed by atoms with Gasteiger partial charge in [-0.2, -0.15) is 0 Å². The quantitative estimate of drug-likeness (QED) is 0.792. The lowest BCUT2D eigenvalue weighted by molar-refractivity contribution is 0.0633. The van der Waals surface area contributed by atoms with E-state index in [1.807, 2.05) is 17.2 Å². The van der Waals surface area contributed by atoms with Crippen molar-refractivity contribution in [1.82, 2.24) is 14.8 Å². The van der Waals surface area contributed by atoms with Crippen LogP contribution in [0.5, 0.6) is 0 Å². The summed E-state index contributed by atoms with van der Waals surface area (Å²) in [5.41, 5.74) is 2.59. The number of carbonyl (C=O) groups is 1. The summed E-state index contributed by atoms with van der Waals surface area (Å²) in [5, 5.41) is 0. The Morgan fingerprint density at radius 2 is 2.04 bits per heavy atom. The number of carbonyl (C=O) groups excluding carboxylic acids is 1. The Hall–Kier alpha value is -1.72. The molecule has 0 aliphatic carbocycles. The second-order valence-corrected chi connectivity index (χ2v) is 7.73. The molecule has 134 valence electrons. The van der Waals surface area contributed by atoms with Gasteiger partial charge in [0, 0.05) is 50.0 Å². The van der Waals surface area contributed by atoms with Gasteiger partial charge in [-0.15, -0.1) is 11.3 Å². The third kappa shape index (κ3) is 4.47. The highest BCUT2D eigenvalue weighted by Gasteiger charge is 2.24. The van der Waals surface area contributed by atoms with Crippen LogP contribution < -0.4 is 0 Å². The Morgan fingerprint density at radius 3 is 2.68 bits per heavy atom. The molecule has 5 heteroatoms. The number of aryl methyl sites for hydroxylation is 2. The molecular formula is C20H27N3OS. The lowest BCUT2D eigenvalue weighted by atomic mass is 10.1. The van der Waals surface area contributed by atoms with Gasteiger partial charge in [-0.3, -0.25) is 14.7 Å². The summed E-state index contributed by atoms with van der Waals surface area (Å²) in [6.07, 6.45) is 6.95. The van der Waals surface area contributed by atoms with Crippen molar-refractivity contribution < 1.29 is 4.79 Å². The fourth-order valence-corrected chi connectivity index (χ4v) is 4.65. The zero-order chi connectivity index (χ0) is 17.6. The number of piperazine rings is 1. The molecule has 4 nitrogen and oxygen atoms in total. The van der Waals surface area contributed by atoms with Crippen molar-refractivity contribution in [2.24, 2.45) is 0 Å². The van der Waals surface area contributed by atoms with Crippen LogP contribution in [0.2, 0.25) is 0 Å². The van der Waals surface area contributed by atoms with Crippen molar-refractivity contribution in [2.75, 3.05) is 26.2 Å². The molecule has 0 N–H and O–H groups in total. The van der Waals surface area contributed by atoms with E-state index in [9.17, 15) is 4.79 Å². The van der Waals surface area contributed by atoms with Gasteiger partial charge < -0.3 is 4.90 Å². The summed E-state index contributed by atoms with van der Waals surface area (Å²) in [6.45, 7) is 8.75. The average molecular weight is 358 g/mol. The number of rotatable bonds is 6. The molecule has 2 aromatic rings. The molecule has 3 heterocycles. The molecule has 2 aromatic heterocycles. The monoisotopic (exact) mass is 357 g/mol. The van der Waals surface area contributed by atoms with E-state index in [0.29, 0.717) is 0 Å². The summed E-state index contributed by atoms with van der Waals surface area (Å²) in [5.74, 6) is 0.211. The Bertz CT molecular complexity index is 690. The third-order valence-electron chi connectivity index (χ3n) is 4.75. The van der Waals surface area contributed by atoms with Crippen LogP contribution in [0.15, 0.2) is 30.6 Å². The van der Waals surface area contributed by atoms with E-state index < -0.39 is 0 Å². The van der Waals surface area contributed by atoms with Crippen molar-refractivity contribution in [1.29, 1.82) is 0 Å². The van der Waals surface area contributed by atoms with E-state index in [4.69, 9.17) is 0 Å². The topological polar surface area (TPSA) is 36.4 Å². The first-order valence-electron chi connectivity index (χ1n) is 9.23. The molecule has 0 saturated carbocycles. The molecule has 0 unspecified atom stereocenters. The second kappa shape index (κ2) is 8.59. The molecule has 0 atom stereocenters. The number of pyridine rings is 1. The maximum Gasteiger partial charge on any atom is 0.264 e. The highest BCUT2D eigenvalue weighted by atomic mass is 32.1. The van der Waals surface area contributed by atoms with Crippen LogP contribution in [0.1, 0.15) is 45.9 Å². The molecular weight excluding hydrogens is 330 g/mol. The van der Waals surface area contributed by atoms with E-state index in [0.717, 1.165) is 56.9 Å². The van der Waals surface area contributed by atoms with Gasteiger partial charge in [-0.05, 0) is 36.1 Å². The van der Waals surface area contributed by atoms with E-state index in [1.54, 1.807) is 17.5 Å². The molecule has 1 fully saturated rings. The smallest absolute Gasteiger partial charge is 0.264 e. The standard InChI is InChI=1S/C20H27N3OS/c1-3-6-18-17(4-2)13-19(25-18)20(24)23-11-9-22(10-12-23)15-16-7-5-8-21-14-16/h5,7-8,13-14H,3-4,6,9-12,15H2,1-2H3. The summed E-state index contributed by atoms with van der Waals surface area (Å²) < 4.78 is 0. The van der Waals surface area contributed by atoms with Crippen LogP contribution in [0.25, 0.3) is 0 Å². The van der Waals surface area contributed by atoms with Crippen molar-refractivity contribution in [3.05, 3.63) is 51.5 Å². The number of hydrogen-bond acceptors (Lipinski definition) is 4. The van der Waals surface area contributed by atoms with Gasteiger partial charge in [0.25, 0.3) is 5.91 Å². The van der Waals surface area contributed by atoms with E-state index >= 15 is 0 Å². The maximum absolute atomic E-state index is 12.9. The minimum Gasteiger partial charge on any atom is -0.335 e. The van der Waals surface area contributed by atoms with Crippen LogP contribution in [0.3, 0.4) is 0 Å². The van der Waals surface area contributed by atoms with Gasteiger partial charge in [0.1, 0.15) is 0 Å². The number of nitrogens with zero attached hydrogens (tertiary/aromatic N) is 3. The Morgan fingerprint density at radius 1 is 1.24 bits per heavy atom. The fourth-order valence-electron chi connectivity index (χ4n) is 3.32. The van der Waals surface area contributed by atoms with Crippen molar-refractivity contribution >= 4 is 17.2 Å². The van der Waals surface area contributed by atoms with Gasteiger partial charge in [0.2, 0.25) is 0 Å². The third-order valence-corrected chi connectivity index (χ3v) is 5.98. The van der Waals surface area contributed by atoms with Gasteiger partial charge in [0.05, 0.1) is 4.88 Å². The van der Waals surface area contributed by atoms with Gasteiger partial charge in [0.15, 0.2) is 0 Å². The average Bonchev–Trinajstić information content (AvgIpc) is 3.06. The highest BCUT2D eigenvalue weighted by molar-refractivity contribution is 7.14. The molecule has 0 bridgehead atoms. The summed E-state index contributed by atoms with van der Waals surface area (Å²) in [7, 11) is 0. The molecule has 1 saturated heterocycles. The Labute approximate surface area is 154 Å². The number of thiophene rings is 1. The molecule has 0 radical (unpaired) electrons. The molecule has 1 aliphatic rings. The van der Waals surface area contributed by atoms with Crippen molar-refractivity contribution in [2.45, 2.75) is 39.7 Å². The van der Waals surface area contributed by atoms with Crippen LogP contribution in [0.4, 0.5) is 0 Å². The van der Waals surface area contributed by atoms with E-state index in [2.05, 4.69) is 35.9 Å². The minimum absolute atomic E-state index is 0.211. The molecule has 3 rings (SSSR count). The Balaban J connectivity index is 1.58. The zero-order valence-corrected chi connectivity index (χ0v) is 16.0. The van der Waals surface area contributed by atoms with Crippen LogP contribution in [-0.2, 0) is 19.4 Å². The maximum atomic E-state index is 12.9. The Kier molecular flexibility index (Phi) is 6.21. The highest BCUT2D eigenvalue weighted by Crippen LogP contribution is 2.26. The second-order valence-electron chi connectivity index (χ2n) is 6.59. The summed E-state index contributed by atoms with van der Waals surface area (Å²) in [4.78, 5) is 23.8. The van der Waals surface area contributed by atoms with Crippen LogP contribution in [0, 0.1) is 0 Å². The lowest BCUT2D eigenvalue weighted by Crippen LogP contribution is -2.48. The molecule has 0 spiro atoms. The number of aromatic nitrogens is 1. The SMILES string of the molecule is CCCc1sc(C(=O)N2CCN(Cc3cccnc3)CC2)cc1CC. The van der Waals surface area contributed by atoms with Crippen molar-refractivity contribution in [3.63, 3.8) is 0 Å². The largest absolute Gasteiger partial charge is 0.335 e. The van der Waals surface area contributed by atoms with E-state index in [1.165, 1.54) is 16.0 Å². The first kappa shape index (κ1) is 18.1. The zero-order valence-electron chi connectivity index (χ0n) is 15.2. The van der Waals surface area contributed by atoms with Crippen LogP contribution >= 0.6 is 11.3 Å². The van der Waals surface area contributed by atoms with Gasteiger partial charge in [-0.25, -0.2) is 0 Å². The minimum atomic E-state index is 0.211. The normalized spacial score (nSPS) is 15.5. The van der Waals surface area contributed by atoms with Crippen molar-refractivity contribution in [3.8, 4) is 0 Å². The van der Waals surface area contributed by atoms with Crippen LogP contribution in [-0.4, -0.2) is 46.9 Å². The first-order valence-corrected chi connectivity index (χ1v) is 10.0. The predicted molar refractivity (Wildman–Crippen MR) is 103 cm³/mol. The molecule has 25 heavy (non-hydrogen) atoms. The lowest BCUT2D eigenvalue weighted by Gasteiger charge is -2.34. The molecule has 1 amide bonds. The first-order chi connectivity index (χ1) is 12.2. The van der Waals surface area contributed by atoms with Gasteiger partial charge >= 0.3 is 0 Å². The van der Waals surface area contributed by atoms with Gasteiger partial charge in [-0.1, -0.05) is 26.3 Å². The molecule has 1 aliphatic heterocycles. The molecule has 0 aromatic carbocycles. The van der Waals surface area contributed by atoms with E-state index in [-0.39, 0.29) is 5.91 Å².